The predicted molar refractivity (Wildman–Crippen MR) is 119 cm³/mol. The van der Waals surface area contributed by atoms with Gasteiger partial charge in [-0.1, -0.05) is 66.7 Å². The van der Waals surface area contributed by atoms with E-state index in [1.165, 1.54) is 12.1 Å². The molecule has 0 aliphatic heterocycles. The third-order valence-corrected chi connectivity index (χ3v) is 5.62. The molecule has 0 heterocycles. The lowest BCUT2D eigenvalue weighted by Gasteiger charge is -2.17. The SMILES string of the molecule is O=[N+]([O-])c1cc([N+](=O)[O-])c([C@@H](Cl)[C@@H](Cl)c2ccccc2)cc1C=Cc1ccccc1. The van der Waals surface area contributed by atoms with Gasteiger partial charge in [-0.05, 0) is 23.3 Å². The minimum Gasteiger partial charge on any atom is -0.258 e. The molecule has 0 saturated carbocycles. The number of benzene rings is 3. The first kappa shape index (κ1) is 21.5. The van der Waals surface area contributed by atoms with Crippen molar-refractivity contribution in [2.75, 3.05) is 0 Å². The minimum atomic E-state index is -0.973. The summed E-state index contributed by atoms with van der Waals surface area (Å²) >= 11 is 13.0. The number of nitrogens with zero attached hydrogens (tertiary/aromatic N) is 2. The molecule has 2 atom stereocenters. The second-order valence-electron chi connectivity index (χ2n) is 6.44. The number of nitro groups is 2. The van der Waals surface area contributed by atoms with Crippen molar-refractivity contribution >= 4 is 46.7 Å². The van der Waals surface area contributed by atoms with Crippen molar-refractivity contribution in [3.8, 4) is 0 Å². The summed E-state index contributed by atoms with van der Waals surface area (Å²) in [5.41, 5.74) is 1.00. The number of nitro benzene ring substituents is 2. The molecule has 30 heavy (non-hydrogen) atoms. The van der Waals surface area contributed by atoms with Gasteiger partial charge in [0, 0.05) is 0 Å². The number of rotatable bonds is 7. The van der Waals surface area contributed by atoms with E-state index in [1.54, 1.807) is 30.3 Å². The average Bonchev–Trinajstić information content (AvgIpc) is 2.77. The summed E-state index contributed by atoms with van der Waals surface area (Å²) in [6.45, 7) is 0. The molecule has 3 aromatic carbocycles. The van der Waals surface area contributed by atoms with Crippen LogP contribution in [0.25, 0.3) is 12.2 Å². The summed E-state index contributed by atoms with van der Waals surface area (Å²) in [6, 6.07) is 20.4. The molecule has 8 heteroatoms. The summed E-state index contributed by atoms with van der Waals surface area (Å²) in [6.07, 6.45) is 3.23. The first-order chi connectivity index (χ1) is 14.4. The van der Waals surface area contributed by atoms with Crippen molar-refractivity contribution in [3.05, 3.63) is 115 Å². The van der Waals surface area contributed by atoms with E-state index in [1.807, 2.05) is 36.4 Å². The van der Waals surface area contributed by atoms with Crippen molar-refractivity contribution < 1.29 is 9.85 Å². The van der Waals surface area contributed by atoms with E-state index in [-0.39, 0.29) is 16.8 Å². The van der Waals surface area contributed by atoms with Crippen LogP contribution in [-0.2, 0) is 0 Å². The van der Waals surface area contributed by atoms with Gasteiger partial charge in [0.1, 0.15) is 0 Å². The molecule has 0 bridgehead atoms. The van der Waals surface area contributed by atoms with Crippen molar-refractivity contribution in [1.29, 1.82) is 0 Å². The Balaban J connectivity index is 2.10. The van der Waals surface area contributed by atoms with Gasteiger partial charge in [-0.15, -0.1) is 23.2 Å². The third kappa shape index (κ3) is 4.84. The monoisotopic (exact) mass is 442 g/mol. The van der Waals surface area contributed by atoms with E-state index in [4.69, 9.17) is 23.2 Å². The molecule has 0 saturated heterocycles. The van der Waals surface area contributed by atoms with E-state index in [2.05, 4.69) is 0 Å². The van der Waals surface area contributed by atoms with Crippen molar-refractivity contribution in [2.45, 2.75) is 10.8 Å². The van der Waals surface area contributed by atoms with Gasteiger partial charge in [-0.3, -0.25) is 20.2 Å². The second kappa shape index (κ2) is 9.52. The van der Waals surface area contributed by atoms with Gasteiger partial charge in [0.15, 0.2) is 0 Å². The average molecular weight is 443 g/mol. The van der Waals surface area contributed by atoms with Crippen LogP contribution >= 0.6 is 23.2 Å². The highest BCUT2D eigenvalue weighted by Gasteiger charge is 2.31. The van der Waals surface area contributed by atoms with E-state index in [0.29, 0.717) is 5.56 Å². The van der Waals surface area contributed by atoms with Crippen molar-refractivity contribution in [3.63, 3.8) is 0 Å². The first-order valence-corrected chi connectivity index (χ1v) is 9.78. The lowest BCUT2D eigenvalue weighted by molar-refractivity contribution is -0.394. The van der Waals surface area contributed by atoms with Gasteiger partial charge in [0.05, 0.1) is 37.8 Å². The maximum atomic E-state index is 11.6. The number of hydrogen-bond acceptors (Lipinski definition) is 4. The first-order valence-electron chi connectivity index (χ1n) is 8.91. The largest absolute Gasteiger partial charge is 0.283 e. The van der Waals surface area contributed by atoms with Gasteiger partial charge in [0.25, 0.3) is 11.4 Å². The molecule has 152 valence electrons. The molecule has 0 aromatic heterocycles. The Morgan fingerprint density at radius 3 is 1.87 bits per heavy atom. The standard InChI is InChI=1S/C22H16Cl2N2O4/c23-21(16-9-5-2-6-10-16)22(24)18-13-17(12-11-15-7-3-1-4-8-15)19(25(27)28)14-20(18)26(29)30/h1-14,21-22H/t21-,22+/m0/s1. The van der Waals surface area contributed by atoms with Crippen molar-refractivity contribution in [2.24, 2.45) is 0 Å². The highest BCUT2D eigenvalue weighted by atomic mass is 35.5. The minimum absolute atomic E-state index is 0.115. The zero-order valence-corrected chi connectivity index (χ0v) is 17.0. The quantitative estimate of drug-likeness (QED) is 0.171. The molecule has 0 spiro atoms. The van der Waals surface area contributed by atoms with Crippen LogP contribution in [0.15, 0.2) is 72.8 Å². The number of hydrogen-bond donors (Lipinski definition) is 0. The molecule has 0 N–H and O–H groups in total. The zero-order valence-electron chi connectivity index (χ0n) is 15.5. The van der Waals surface area contributed by atoms with Crippen LogP contribution in [0.4, 0.5) is 11.4 Å². The van der Waals surface area contributed by atoms with Crippen LogP contribution < -0.4 is 0 Å². The van der Waals surface area contributed by atoms with E-state index in [0.717, 1.165) is 11.6 Å². The summed E-state index contributed by atoms with van der Waals surface area (Å²) in [4.78, 5) is 21.8. The van der Waals surface area contributed by atoms with Crippen LogP contribution in [0.3, 0.4) is 0 Å². The van der Waals surface area contributed by atoms with Gasteiger partial charge in [0.2, 0.25) is 0 Å². The van der Waals surface area contributed by atoms with Crippen LogP contribution in [0.2, 0.25) is 0 Å². The van der Waals surface area contributed by atoms with E-state index in [9.17, 15) is 20.2 Å². The summed E-state index contributed by atoms with van der Waals surface area (Å²) in [7, 11) is 0. The highest BCUT2D eigenvalue weighted by molar-refractivity contribution is 6.30. The zero-order chi connectivity index (χ0) is 21.7. The van der Waals surface area contributed by atoms with Gasteiger partial charge in [-0.2, -0.15) is 0 Å². The fraction of sp³-hybridized carbons (Fsp3) is 0.0909. The maximum absolute atomic E-state index is 11.6. The van der Waals surface area contributed by atoms with E-state index < -0.39 is 26.3 Å². The molecule has 3 rings (SSSR count). The Hall–Kier alpha value is -3.22. The Kier molecular flexibility index (Phi) is 6.82. The lowest BCUT2D eigenvalue weighted by atomic mass is 9.98. The molecule has 0 aliphatic rings. The van der Waals surface area contributed by atoms with Crippen LogP contribution in [0.1, 0.15) is 33.0 Å². The Morgan fingerprint density at radius 1 is 0.733 bits per heavy atom. The summed E-state index contributed by atoms with van der Waals surface area (Å²) < 4.78 is 0. The Bertz CT molecular complexity index is 1090. The van der Waals surface area contributed by atoms with E-state index >= 15 is 0 Å². The van der Waals surface area contributed by atoms with Crippen LogP contribution in [0.5, 0.6) is 0 Å². The molecular weight excluding hydrogens is 427 g/mol. The second-order valence-corrected chi connectivity index (χ2v) is 7.38. The highest BCUT2D eigenvalue weighted by Crippen LogP contribution is 2.44. The molecule has 0 amide bonds. The predicted octanol–water partition coefficient (Wildman–Crippen LogP) is 6.93. The summed E-state index contributed by atoms with van der Waals surface area (Å²) in [5, 5.41) is 21.4. The molecule has 0 unspecified atom stereocenters. The molecule has 0 radical (unpaired) electrons. The number of alkyl halides is 2. The van der Waals surface area contributed by atoms with Gasteiger partial charge >= 0.3 is 0 Å². The Morgan fingerprint density at radius 2 is 1.30 bits per heavy atom. The van der Waals surface area contributed by atoms with Crippen LogP contribution in [-0.4, -0.2) is 9.85 Å². The van der Waals surface area contributed by atoms with Gasteiger partial charge < -0.3 is 0 Å². The fourth-order valence-electron chi connectivity index (χ4n) is 3.00. The number of halogens is 2. The maximum Gasteiger partial charge on any atom is 0.283 e. The van der Waals surface area contributed by atoms with Crippen LogP contribution in [0, 0.1) is 20.2 Å². The third-order valence-electron chi connectivity index (χ3n) is 4.50. The van der Waals surface area contributed by atoms with Gasteiger partial charge in [-0.25, -0.2) is 0 Å². The molecule has 0 aliphatic carbocycles. The molecular formula is C22H16Cl2N2O4. The topological polar surface area (TPSA) is 86.3 Å². The molecule has 0 fully saturated rings. The smallest absolute Gasteiger partial charge is 0.258 e. The molecule has 3 aromatic rings. The summed E-state index contributed by atoms with van der Waals surface area (Å²) in [5.74, 6) is 0. The van der Waals surface area contributed by atoms with Crippen molar-refractivity contribution in [1.82, 2.24) is 0 Å². The lowest BCUT2D eigenvalue weighted by Crippen LogP contribution is -2.06. The normalized spacial score (nSPS) is 13.1. The fourth-order valence-corrected chi connectivity index (χ4v) is 3.60. The Labute approximate surface area is 182 Å². The molecule has 6 nitrogen and oxygen atoms in total.